The van der Waals surface area contributed by atoms with E-state index in [0.29, 0.717) is 25.8 Å². The summed E-state index contributed by atoms with van der Waals surface area (Å²) in [5, 5.41) is 3.03. The number of amides is 4. The van der Waals surface area contributed by atoms with Gasteiger partial charge in [-0.25, -0.2) is 4.79 Å². The van der Waals surface area contributed by atoms with E-state index in [1.165, 1.54) is 10.5 Å². The lowest BCUT2D eigenvalue weighted by Crippen LogP contribution is -2.56. The van der Waals surface area contributed by atoms with E-state index in [0.717, 1.165) is 45.4 Å². The average molecular weight is 413 g/mol. The summed E-state index contributed by atoms with van der Waals surface area (Å²) in [6, 6.07) is 9.82. The first-order valence-corrected chi connectivity index (χ1v) is 11.2. The van der Waals surface area contributed by atoms with Gasteiger partial charge in [-0.1, -0.05) is 37.3 Å². The number of likely N-dealkylation sites (tertiary alicyclic amines) is 2. The van der Waals surface area contributed by atoms with E-state index < -0.39 is 5.54 Å². The first kappa shape index (κ1) is 20.8. The third kappa shape index (κ3) is 4.08. The maximum atomic E-state index is 13.4. The van der Waals surface area contributed by atoms with Gasteiger partial charge in [-0.3, -0.25) is 19.4 Å². The average Bonchev–Trinajstić information content (AvgIpc) is 3.00. The Morgan fingerprint density at radius 2 is 1.87 bits per heavy atom. The van der Waals surface area contributed by atoms with Gasteiger partial charge in [0.1, 0.15) is 5.54 Å². The Hall–Kier alpha value is -2.41. The minimum atomic E-state index is -0.778. The van der Waals surface area contributed by atoms with Gasteiger partial charge >= 0.3 is 6.03 Å². The second kappa shape index (κ2) is 8.76. The monoisotopic (exact) mass is 412 g/mol. The van der Waals surface area contributed by atoms with Gasteiger partial charge < -0.3 is 10.2 Å². The van der Waals surface area contributed by atoms with Crippen LogP contribution in [-0.2, 0) is 16.1 Å². The first-order chi connectivity index (χ1) is 14.5. The molecule has 0 radical (unpaired) electrons. The number of rotatable bonds is 5. The van der Waals surface area contributed by atoms with Crippen molar-refractivity contribution in [3.05, 3.63) is 35.9 Å². The lowest BCUT2D eigenvalue weighted by Gasteiger charge is -2.39. The highest BCUT2D eigenvalue weighted by molar-refractivity contribution is 6.07. The molecule has 1 spiro atoms. The van der Waals surface area contributed by atoms with E-state index >= 15 is 0 Å². The Kier molecular flexibility index (Phi) is 6.09. The zero-order valence-corrected chi connectivity index (χ0v) is 17.8. The van der Waals surface area contributed by atoms with Crippen molar-refractivity contribution in [1.82, 2.24) is 20.0 Å². The number of carbonyl (C=O) groups is 3. The number of carbonyl (C=O) groups excluding carboxylic acids is 3. The predicted octanol–water partition coefficient (Wildman–Crippen LogP) is 2.36. The summed E-state index contributed by atoms with van der Waals surface area (Å²) in [5.41, 5.74) is 0.482. The molecule has 7 heteroatoms. The quantitative estimate of drug-likeness (QED) is 0.754. The van der Waals surface area contributed by atoms with Gasteiger partial charge in [0.05, 0.1) is 6.04 Å². The van der Waals surface area contributed by atoms with Crippen molar-refractivity contribution in [2.75, 3.05) is 26.2 Å². The molecule has 1 aromatic rings. The number of hydrogen-bond donors (Lipinski definition) is 1. The molecule has 3 aliphatic rings. The van der Waals surface area contributed by atoms with Crippen molar-refractivity contribution in [2.45, 2.75) is 63.6 Å². The Labute approximate surface area is 178 Å². The maximum absolute atomic E-state index is 13.4. The van der Waals surface area contributed by atoms with Crippen LogP contribution in [0.4, 0.5) is 4.79 Å². The van der Waals surface area contributed by atoms with Crippen LogP contribution in [0.1, 0.15) is 51.0 Å². The Bertz CT molecular complexity index is 789. The number of hydrogen-bond acceptors (Lipinski definition) is 4. The third-order valence-corrected chi connectivity index (χ3v) is 6.73. The molecule has 0 bridgehead atoms. The molecule has 0 saturated carbocycles. The molecule has 7 nitrogen and oxygen atoms in total. The van der Waals surface area contributed by atoms with Crippen LogP contribution in [-0.4, -0.2) is 70.3 Å². The smallest absolute Gasteiger partial charge is 0.325 e. The van der Waals surface area contributed by atoms with Crippen LogP contribution in [0, 0.1) is 0 Å². The van der Waals surface area contributed by atoms with Crippen LogP contribution in [0.3, 0.4) is 0 Å². The van der Waals surface area contributed by atoms with E-state index in [-0.39, 0.29) is 23.9 Å². The second-order valence-electron chi connectivity index (χ2n) is 8.83. The molecule has 3 aliphatic heterocycles. The molecule has 4 amide bonds. The van der Waals surface area contributed by atoms with Crippen molar-refractivity contribution >= 4 is 17.8 Å². The number of imide groups is 1. The molecule has 4 rings (SSSR count). The summed E-state index contributed by atoms with van der Waals surface area (Å²) < 4.78 is 0. The summed E-state index contributed by atoms with van der Waals surface area (Å²) in [6.07, 6.45) is 4.19. The highest BCUT2D eigenvalue weighted by Crippen LogP contribution is 2.33. The summed E-state index contributed by atoms with van der Waals surface area (Å²) in [6.45, 7) is 5.60. The van der Waals surface area contributed by atoms with Gasteiger partial charge in [0.15, 0.2) is 0 Å². The molecule has 1 aromatic carbocycles. The minimum absolute atomic E-state index is 0.0957. The normalized spacial score (nSPS) is 24.4. The lowest BCUT2D eigenvalue weighted by atomic mass is 9.87. The molecule has 1 unspecified atom stereocenters. The zero-order chi connectivity index (χ0) is 21.1. The molecular formula is C23H32N4O3. The molecule has 1 N–H and O–H groups in total. The maximum Gasteiger partial charge on any atom is 0.325 e. The molecule has 3 saturated heterocycles. The van der Waals surface area contributed by atoms with Crippen LogP contribution >= 0.6 is 0 Å². The molecule has 30 heavy (non-hydrogen) atoms. The Morgan fingerprint density at radius 1 is 1.13 bits per heavy atom. The number of benzene rings is 1. The molecule has 0 aromatic heterocycles. The predicted molar refractivity (Wildman–Crippen MR) is 114 cm³/mol. The second-order valence-corrected chi connectivity index (χ2v) is 8.83. The number of nitrogens with one attached hydrogen (secondary N) is 1. The van der Waals surface area contributed by atoms with Crippen LogP contribution < -0.4 is 5.32 Å². The summed E-state index contributed by atoms with van der Waals surface area (Å²) in [4.78, 5) is 44.1. The fraction of sp³-hybridized carbons (Fsp3) is 0.609. The van der Waals surface area contributed by atoms with Gasteiger partial charge in [-0.05, 0) is 37.7 Å². The fourth-order valence-electron chi connectivity index (χ4n) is 5.01. The van der Waals surface area contributed by atoms with E-state index in [2.05, 4.69) is 22.3 Å². The van der Waals surface area contributed by atoms with Crippen molar-refractivity contribution in [1.29, 1.82) is 0 Å². The molecule has 162 valence electrons. The van der Waals surface area contributed by atoms with E-state index in [1.54, 1.807) is 0 Å². The highest BCUT2D eigenvalue weighted by atomic mass is 16.2. The third-order valence-electron chi connectivity index (χ3n) is 6.73. The standard InChI is InChI=1S/C23H32N4O3/c1-2-7-20(28)26-13-6-10-19(17-26)27-21(29)23(24-22(27)30)11-14-25(15-12-23)16-18-8-4-3-5-9-18/h3-5,8-9,19H,2,6-7,10-17H2,1H3,(H,24,30). The van der Waals surface area contributed by atoms with E-state index in [1.807, 2.05) is 30.0 Å². The highest BCUT2D eigenvalue weighted by Gasteiger charge is 2.54. The van der Waals surface area contributed by atoms with Gasteiger partial charge in [0.2, 0.25) is 5.91 Å². The minimum Gasteiger partial charge on any atom is -0.341 e. The SMILES string of the molecule is CCCC(=O)N1CCCC(N2C(=O)NC3(CCN(Cc4ccccc4)CC3)C2=O)C1. The van der Waals surface area contributed by atoms with E-state index in [9.17, 15) is 14.4 Å². The van der Waals surface area contributed by atoms with Gasteiger partial charge in [-0.15, -0.1) is 0 Å². The number of urea groups is 1. The van der Waals surface area contributed by atoms with Crippen molar-refractivity contribution in [2.24, 2.45) is 0 Å². The van der Waals surface area contributed by atoms with Crippen molar-refractivity contribution in [3.8, 4) is 0 Å². The van der Waals surface area contributed by atoms with Crippen LogP contribution in [0.2, 0.25) is 0 Å². The summed E-state index contributed by atoms with van der Waals surface area (Å²) in [5.74, 6) is 0.0276. The van der Waals surface area contributed by atoms with E-state index in [4.69, 9.17) is 0 Å². The van der Waals surface area contributed by atoms with Gasteiger partial charge in [0, 0.05) is 39.1 Å². The van der Waals surface area contributed by atoms with Gasteiger partial charge in [-0.2, -0.15) is 0 Å². The molecule has 1 atom stereocenters. The Morgan fingerprint density at radius 3 is 2.57 bits per heavy atom. The zero-order valence-electron chi connectivity index (χ0n) is 17.8. The molecule has 3 heterocycles. The van der Waals surface area contributed by atoms with Crippen LogP contribution in [0.5, 0.6) is 0 Å². The molecule has 0 aliphatic carbocycles. The summed E-state index contributed by atoms with van der Waals surface area (Å²) in [7, 11) is 0. The first-order valence-electron chi connectivity index (χ1n) is 11.2. The largest absolute Gasteiger partial charge is 0.341 e. The van der Waals surface area contributed by atoms with Crippen LogP contribution in [0.15, 0.2) is 30.3 Å². The summed E-state index contributed by atoms with van der Waals surface area (Å²) >= 11 is 0. The number of piperidine rings is 2. The molecular weight excluding hydrogens is 380 g/mol. The molecule has 3 fully saturated rings. The van der Waals surface area contributed by atoms with Crippen molar-refractivity contribution in [3.63, 3.8) is 0 Å². The fourth-order valence-corrected chi connectivity index (χ4v) is 5.01. The van der Waals surface area contributed by atoms with Crippen molar-refractivity contribution < 1.29 is 14.4 Å². The topological polar surface area (TPSA) is 73.0 Å². The van der Waals surface area contributed by atoms with Gasteiger partial charge in [0.25, 0.3) is 5.91 Å². The lowest BCUT2D eigenvalue weighted by molar-refractivity contribution is -0.139. The number of nitrogens with zero attached hydrogens (tertiary/aromatic N) is 3. The Balaban J connectivity index is 1.39. The van der Waals surface area contributed by atoms with Crippen LogP contribution in [0.25, 0.3) is 0 Å².